The predicted molar refractivity (Wildman–Crippen MR) is 107 cm³/mol. The van der Waals surface area contributed by atoms with Gasteiger partial charge in [-0.2, -0.15) is 0 Å². The van der Waals surface area contributed by atoms with Gasteiger partial charge in [0.15, 0.2) is 0 Å². The molecule has 11 nitrogen and oxygen atoms in total. The number of nitrogens with zero attached hydrogens (tertiary/aromatic N) is 4. The minimum absolute atomic E-state index is 0.0329. The number of aromatic nitrogens is 3. The molecule has 0 spiro atoms. The molecule has 1 saturated carbocycles. The average Bonchev–Trinajstić information content (AvgIpc) is 3.27. The van der Waals surface area contributed by atoms with Crippen molar-refractivity contribution >= 4 is 18.3 Å². The Bertz CT molecular complexity index is 817. The lowest BCUT2D eigenvalue weighted by Crippen LogP contribution is -2.49. The molecule has 0 unspecified atom stereocenters. The van der Waals surface area contributed by atoms with Gasteiger partial charge in [-0.15, -0.1) is 0 Å². The highest BCUT2D eigenvalue weighted by Gasteiger charge is 2.34. The fourth-order valence-electron chi connectivity index (χ4n) is 3.47. The van der Waals surface area contributed by atoms with E-state index in [1.54, 1.807) is 36.6 Å². The Morgan fingerprint density at radius 3 is 2.71 bits per heavy atom. The van der Waals surface area contributed by atoms with Crippen LogP contribution in [0, 0.1) is 5.92 Å². The van der Waals surface area contributed by atoms with Crippen molar-refractivity contribution in [3.05, 3.63) is 42.3 Å². The number of aryl methyl sites for hydroxylation is 1. The van der Waals surface area contributed by atoms with E-state index in [2.05, 4.69) is 20.4 Å². The van der Waals surface area contributed by atoms with Gasteiger partial charge in [-0.05, 0) is 25.7 Å². The zero-order valence-corrected chi connectivity index (χ0v) is 17.3. The third-order valence-corrected chi connectivity index (χ3v) is 5.00. The van der Waals surface area contributed by atoms with Gasteiger partial charge in [0.2, 0.25) is 11.8 Å². The van der Waals surface area contributed by atoms with Gasteiger partial charge in [0, 0.05) is 44.0 Å². The minimum atomic E-state index is -0.747. The predicted octanol–water partition coefficient (Wildman–Crippen LogP) is 0.402. The average molecular weight is 433 g/mol. The monoisotopic (exact) mass is 433 g/mol. The van der Waals surface area contributed by atoms with E-state index in [1.807, 2.05) is 0 Å². The van der Waals surface area contributed by atoms with Gasteiger partial charge >= 0.3 is 0 Å². The minimum Gasteiger partial charge on any atom is -0.483 e. The summed E-state index contributed by atoms with van der Waals surface area (Å²) >= 11 is 0. The lowest BCUT2D eigenvalue weighted by Gasteiger charge is -2.34. The first-order valence-corrected chi connectivity index (χ1v) is 9.89. The van der Waals surface area contributed by atoms with Crippen molar-refractivity contribution in [1.29, 1.82) is 0 Å². The molecule has 2 amide bonds. The first-order chi connectivity index (χ1) is 14.9. The van der Waals surface area contributed by atoms with Crippen molar-refractivity contribution < 1.29 is 29.1 Å². The molecule has 3 rings (SSSR count). The maximum Gasteiger partial charge on any atom is 0.290 e. The van der Waals surface area contributed by atoms with E-state index in [0.29, 0.717) is 37.9 Å². The summed E-state index contributed by atoms with van der Waals surface area (Å²) in [5.41, 5.74) is 1.43. The molecule has 3 atom stereocenters. The van der Waals surface area contributed by atoms with Gasteiger partial charge in [0.05, 0.1) is 24.4 Å². The van der Waals surface area contributed by atoms with Crippen molar-refractivity contribution in [3.8, 4) is 0 Å². The molecule has 1 aliphatic carbocycles. The van der Waals surface area contributed by atoms with Crippen molar-refractivity contribution in [3.63, 3.8) is 0 Å². The maximum atomic E-state index is 12.6. The lowest BCUT2D eigenvalue weighted by molar-refractivity contribution is -0.137. The smallest absolute Gasteiger partial charge is 0.290 e. The Hall–Kier alpha value is -3.34. The van der Waals surface area contributed by atoms with Gasteiger partial charge in [-0.3, -0.25) is 24.4 Å². The molecular weight excluding hydrogens is 406 g/mol. The van der Waals surface area contributed by atoms with E-state index in [4.69, 9.17) is 14.4 Å². The second kappa shape index (κ2) is 12.4. The van der Waals surface area contributed by atoms with E-state index in [-0.39, 0.29) is 36.7 Å². The third kappa shape index (κ3) is 7.78. The fourth-order valence-corrected chi connectivity index (χ4v) is 3.47. The second-order valence-corrected chi connectivity index (χ2v) is 7.24. The molecular formula is C20H27N5O6. The zero-order valence-electron chi connectivity index (χ0n) is 17.3. The first-order valence-electron chi connectivity index (χ1n) is 9.89. The largest absolute Gasteiger partial charge is 0.483 e. The van der Waals surface area contributed by atoms with E-state index in [0.717, 1.165) is 5.69 Å². The van der Waals surface area contributed by atoms with Crippen LogP contribution in [-0.2, 0) is 27.3 Å². The quantitative estimate of drug-likeness (QED) is 0.525. The molecule has 1 fully saturated rings. The highest BCUT2D eigenvalue weighted by Crippen LogP contribution is 2.27. The number of carbonyl (C=O) groups is 3. The van der Waals surface area contributed by atoms with Gasteiger partial charge in [0.1, 0.15) is 12.0 Å². The molecule has 2 aromatic rings. The number of aliphatic hydroxyl groups is 1. The number of aliphatic hydroxyl groups excluding tert-OH is 1. The zero-order chi connectivity index (χ0) is 22.6. The molecule has 0 aromatic carbocycles. The third-order valence-electron chi connectivity index (χ3n) is 5.00. The molecule has 0 bridgehead atoms. The van der Waals surface area contributed by atoms with Crippen LogP contribution in [0.5, 0.6) is 0 Å². The molecule has 168 valence electrons. The summed E-state index contributed by atoms with van der Waals surface area (Å²) in [4.78, 5) is 42.9. The van der Waals surface area contributed by atoms with Crippen LogP contribution in [-0.4, -0.2) is 67.7 Å². The summed E-state index contributed by atoms with van der Waals surface area (Å²) in [7, 11) is 1.71. The van der Waals surface area contributed by atoms with Crippen LogP contribution in [0.15, 0.2) is 35.4 Å². The van der Waals surface area contributed by atoms with Crippen LogP contribution in [0.3, 0.4) is 0 Å². The summed E-state index contributed by atoms with van der Waals surface area (Å²) < 4.78 is 4.78. The highest BCUT2D eigenvalue weighted by atomic mass is 16.5. The van der Waals surface area contributed by atoms with Crippen molar-refractivity contribution in [2.75, 3.05) is 7.05 Å². The van der Waals surface area contributed by atoms with Crippen molar-refractivity contribution in [1.82, 2.24) is 25.3 Å². The van der Waals surface area contributed by atoms with Gasteiger partial charge in [-0.25, -0.2) is 0 Å². The normalized spacial score (nSPS) is 20.1. The van der Waals surface area contributed by atoms with E-state index >= 15 is 0 Å². The molecule has 0 aliphatic heterocycles. The summed E-state index contributed by atoms with van der Waals surface area (Å²) in [6.07, 6.45) is 7.82. The topological polar surface area (TPSA) is 159 Å². The number of amides is 2. The Morgan fingerprint density at radius 2 is 2.10 bits per heavy atom. The molecule has 0 saturated heterocycles. The Balaban J connectivity index is 0.00000107. The van der Waals surface area contributed by atoms with Crippen LogP contribution in [0.1, 0.15) is 37.1 Å². The number of hydrogen-bond acceptors (Lipinski definition) is 8. The number of rotatable bonds is 7. The summed E-state index contributed by atoms with van der Waals surface area (Å²) in [5.74, 6) is -0.434. The van der Waals surface area contributed by atoms with Crippen LogP contribution in [0.4, 0.5) is 0 Å². The lowest BCUT2D eigenvalue weighted by atomic mass is 9.83. The van der Waals surface area contributed by atoms with Gasteiger partial charge < -0.3 is 25.0 Å². The summed E-state index contributed by atoms with van der Waals surface area (Å²) in [5, 5.41) is 24.0. The number of carboxylic acid groups (broad SMARTS) is 1. The highest BCUT2D eigenvalue weighted by molar-refractivity contribution is 5.79. The first kappa shape index (κ1) is 23.9. The summed E-state index contributed by atoms with van der Waals surface area (Å²) in [6.45, 7) is 0.116. The molecule has 11 heteroatoms. The van der Waals surface area contributed by atoms with Crippen LogP contribution >= 0.6 is 0 Å². The van der Waals surface area contributed by atoms with E-state index < -0.39 is 6.10 Å². The van der Waals surface area contributed by atoms with Crippen LogP contribution in [0.25, 0.3) is 0 Å². The standard InChI is InChI=1S/C19H25N5O4.CH2O2/c1-24(12-15-6-9-28-23-15)19(27)13-2-4-16(17(25)10-13)22-18(26)5-3-14-11-20-7-8-21-14;2-1-3/h6-9,11,13,16-17,25H,2-5,10,12H2,1H3,(H,22,26);1H,(H,2,3)/t13-,16+,17+;/m0./s1. The molecule has 3 N–H and O–H groups in total. The molecule has 31 heavy (non-hydrogen) atoms. The van der Waals surface area contributed by atoms with Crippen LogP contribution < -0.4 is 5.32 Å². The molecule has 2 heterocycles. The Labute approximate surface area is 179 Å². The number of nitrogens with one attached hydrogen (secondary N) is 1. The van der Waals surface area contributed by atoms with Gasteiger partial charge in [-0.1, -0.05) is 5.16 Å². The SMILES string of the molecule is CN(Cc1ccon1)C(=O)[C@H]1CC[C@@H](NC(=O)CCc2cnccn2)[C@H](O)C1.O=CO. The number of carbonyl (C=O) groups excluding carboxylic acids is 2. The maximum absolute atomic E-state index is 12.6. The number of hydrogen-bond donors (Lipinski definition) is 3. The van der Waals surface area contributed by atoms with Crippen molar-refractivity contribution in [2.24, 2.45) is 5.92 Å². The molecule has 2 aromatic heterocycles. The van der Waals surface area contributed by atoms with Gasteiger partial charge in [0.25, 0.3) is 6.47 Å². The second-order valence-electron chi connectivity index (χ2n) is 7.24. The summed E-state index contributed by atoms with van der Waals surface area (Å²) in [6, 6.07) is 1.38. The molecule has 0 radical (unpaired) electrons. The van der Waals surface area contributed by atoms with E-state index in [9.17, 15) is 14.7 Å². The fraction of sp³-hybridized carbons (Fsp3) is 0.500. The Kier molecular flexibility index (Phi) is 9.56. The Morgan fingerprint density at radius 1 is 1.32 bits per heavy atom. The van der Waals surface area contributed by atoms with E-state index in [1.165, 1.54) is 6.26 Å². The van der Waals surface area contributed by atoms with Crippen molar-refractivity contribution in [2.45, 2.75) is 50.8 Å². The van der Waals surface area contributed by atoms with Crippen LogP contribution in [0.2, 0.25) is 0 Å². The molecule has 1 aliphatic rings.